The molecule has 77 heavy (non-hydrogen) atoms. The van der Waals surface area contributed by atoms with E-state index in [-0.39, 0.29) is 37.5 Å². The van der Waals surface area contributed by atoms with Crippen LogP contribution in [0.1, 0.15) is 303 Å². The average Bonchev–Trinajstić information content (AvgIpc) is 3.43. The van der Waals surface area contributed by atoms with Crippen LogP contribution in [0.3, 0.4) is 0 Å². The highest BCUT2D eigenvalue weighted by atomic mass is 16.6. The Morgan fingerprint density at radius 1 is 0.273 bits per heavy atom. The molecule has 0 heterocycles. The van der Waals surface area contributed by atoms with Gasteiger partial charge in [-0.05, 0) is 128 Å². The molecule has 1 unspecified atom stereocenters. The van der Waals surface area contributed by atoms with Gasteiger partial charge >= 0.3 is 17.9 Å². The summed E-state index contributed by atoms with van der Waals surface area (Å²) in [5.41, 5.74) is 0. The predicted molar refractivity (Wildman–Crippen MR) is 334 cm³/mol. The van der Waals surface area contributed by atoms with Crippen molar-refractivity contribution in [2.45, 2.75) is 309 Å². The number of carbonyl (C=O) groups is 3. The number of hydrogen-bond donors (Lipinski definition) is 0. The van der Waals surface area contributed by atoms with Gasteiger partial charge in [0.2, 0.25) is 0 Å². The monoisotopic (exact) mass is 1070 g/mol. The second kappa shape index (κ2) is 64.6. The van der Waals surface area contributed by atoms with E-state index in [0.29, 0.717) is 19.3 Å². The average molecular weight is 1070 g/mol. The summed E-state index contributed by atoms with van der Waals surface area (Å²) < 4.78 is 16.9. The molecule has 0 aliphatic heterocycles. The third kappa shape index (κ3) is 62.8. The maximum Gasteiger partial charge on any atom is 0.306 e. The van der Waals surface area contributed by atoms with Gasteiger partial charge in [0.05, 0.1) is 0 Å². The third-order valence-corrected chi connectivity index (χ3v) is 13.7. The molecule has 0 aromatic rings. The number of unbranched alkanes of at least 4 members (excludes halogenated alkanes) is 29. The van der Waals surface area contributed by atoms with E-state index in [2.05, 4.69) is 130 Å². The van der Waals surface area contributed by atoms with Gasteiger partial charge in [0, 0.05) is 19.3 Å². The van der Waals surface area contributed by atoms with Crippen LogP contribution in [-0.2, 0) is 28.6 Å². The minimum absolute atomic E-state index is 0.0998. The van der Waals surface area contributed by atoms with Crippen LogP contribution in [0, 0.1) is 0 Å². The molecule has 0 aliphatic rings. The molecule has 1 atom stereocenters. The van der Waals surface area contributed by atoms with E-state index in [1.54, 1.807) is 0 Å². The van der Waals surface area contributed by atoms with Crippen molar-refractivity contribution in [3.8, 4) is 0 Å². The van der Waals surface area contributed by atoms with E-state index < -0.39 is 6.10 Å². The van der Waals surface area contributed by atoms with Crippen molar-refractivity contribution in [3.05, 3.63) is 109 Å². The Morgan fingerprint density at radius 2 is 0.506 bits per heavy atom. The standard InChI is InChI=1S/C71H120O6/c1-4-7-10-13-16-19-22-25-28-29-30-31-32-33-34-35-36-37-38-39-40-41-44-46-49-52-55-58-61-64-70(73)76-67-68(77-71(74)65-62-59-56-53-50-47-43-27-24-21-18-15-12-9-6-3)66-75-69(72)63-60-57-54-51-48-45-42-26-23-20-17-14-11-8-5-2/h9,12,17-18,20-22,25-27,29-30,32-33,42-43,50,53,68H,4-8,10-11,13-16,19,23-24,28,31,34-41,44-49,51-52,54-67H2,1-3H3/b12-9-,20-17-,21-18-,25-22-,30-29-,33-32-,42-26-,43-27-,53-50-. The number of hydrogen-bond acceptors (Lipinski definition) is 6. The SMILES string of the molecule is CC/C=C\C/C=C\C/C=C\C/C=C\CCCCC(=O)OC(COC(=O)CCCCCCC/C=C\C/C=C\CCCCC)COC(=O)CCCCCCCCCCCCCCCC/C=C\C/C=C\C/C=C\CCCCCCC. The molecule has 6 nitrogen and oxygen atoms in total. The maximum atomic E-state index is 12.9. The molecule has 440 valence electrons. The van der Waals surface area contributed by atoms with Gasteiger partial charge in [0.25, 0.3) is 0 Å². The number of rotatable bonds is 58. The minimum Gasteiger partial charge on any atom is -0.462 e. The third-order valence-electron chi connectivity index (χ3n) is 13.7. The minimum atomic E-state index is -0.808. The lowest BCUT2D eigenvalue weighted by molar-refractivity contribution is -0.167. The lowest BCUT2D eigenvalue weighted by atomic mass is 10.0. The van der Waals surface area contributed by atoms with E-state index in [1.807, 2.05) is 0 Å². The Bertz CT molecular complexity index is 1560. The molecule has 0 aromatic heterocycles. The number of esters is 3. The van der Waals surface area contributed by atoms with Crippen LogP contribution < -0.4 is 0 Å². The van der Waals surface area contributed by atoms with E-state index in [4.69, 9.17) is 14.2 Å². The Morgan fingerprint density at radius 3 is 0.844 bits per heavy atom. The summed E-state index contributed by atoms with van der Waals surface area (Å²) in [7, 11) is 0. The smallest absolute Gasteiger partial charge is 0.306 e. The zero-order valence-corrected chi connectivity index (χ0v) is 50.4. The topological polar surface area (TPSA) is 78.9 Å². The Balaban J connectivity index is 4.30. The first kappa shape index (κ1) is 73.1. The van der Waals surface area contributed by atoms with Gasteiger partial charge in [0.1, 0.15) is 13.2 Å². The molecule has 0 aromatic carbocycles. The molecule has 0 aliphatic carbocycles. The summed E-state index contributed by atoms with van der Waals surface area (Å²) in [5, 5.41) is 0. The highest BCUT2D eigenvalue weighted by Gasteiger charge is 2.19. The molecule has 0 radical (unpaired) electrons. The molecule has 0 fully saturated rings. The lowest BCUT2D eigenvalue weighted by Gasteiger charge is -2.18. The van der Waals surface area contributed by atoms with Crippen molar-refractivity contribution in [1.82, 2.24) is 0 Å². The molecule has 0 spiro atoms. The second-order valence-corrected chi connectivity index (χ2v) is 21.3. The van der Waals surface area contributed by atoms with Crippen LogP contribution in [0.25, 0.3) is 0 Å². The van der Waals surface area contributed by atoms with Crippen molar-refractivity contribution in [3.63, 3.8) is 0 Å². The Hall–Kier alpha value is -3.93. The van der Waals surface area contributed by atoms with Crippen LogP contribution in [0.4, 0.5) is 0 Å². The fraction of sp³-hybridized carbons (Fsp3) is 0.704. The normalized spacial score (nSPS) is 12.8. The van der Waals surface area contributed by atoms with E-state index >= 15 is 0 Å². The molecule has 0 N–H and O–H groups in total. The summed E-state index contributed by atoms with van der Waals surface area (Å²) >= 11 is 0. The van der Waals surface area contributed by atoms with Gasteiger partial charge in [-0.15, -0.1) is 0 Å². The summed E-state index contributed by atoms with van der Waals surface area (Å²) in [6, 6.07) is 0. The first-order valence-corrected chi connectivity index (χ1v) is 32.4. The van der Waals surface area contributed by atoms with E-state index in [0.717, 1.165) is 116 Å². The molecular formula is C71H120O6. The molecule has 0 saturated carbocycles. The molecule has 0 amide bonds. The molecule has 6 heteroatoms. The number of ether oxygens (including phenoxy) is 3. The van der Waals surface area contributed by atoms with Gasteiger partial charge in [-0.3, -0.25) is 14.4 Å². The molecule has 0 saturated heterocycles. The van der Waals surface area contributed by atoms with Crippen LogP contribution in [-0.4, -0.2) is 37.2 Å². The van der Waals surface area contributed by atoms with Gasteiger partial charge in [-0.2, -0.15) is 0 Å². The van der Waals surface area contributed by atoms with Gasteiger partial charge in [-0.1, -0.05) is 265 Å². The second-order valence-electron chi connectivity index (χ2n) is 21.3. The lowest BCUT2D eigenvalue weighted by Crippen LogP contribution is -2.30. The van der Waals surface area contributed by atoms with Crippen molar-refractivity contribution in [1.29, 1.82) is 0 Å². The fourth-order valence-electron chi connectivity index (χ4n) is 8.88. The maximum absolute atomic E-state index is 12.9. The zero-order valence-electron chi connectivity index (χ0n) is 50.4. The molecule has 0 bridgehead atoms. The largest absolute Gasteiger partial charge is 0.462 e. The number of carbonyl (C=O) groups excluding carboxylic acids is 3. The summed E-state index contributed by atoms with van der Waals surface area (Å²) in [4.78, 5) is 38.3. The van der Waals surface area contributed by atoms with Crippen LogP contribution in [0.15, 0.2) is 109 Å². The first-order chi connectivity index (χ1) is 38.0. The molecule has 0 rings (SSSR count). The summed E-state index contributed by atoms with van der Waals surface area (Å²) in [5.74, 6) is -0.951. The van der Waals surface area contributed by atoms with Crippen molar-refractivity contribution in [2.24, 2.45) is 0 Å². The highest BCUT2D eigenvalue weighted by molar-refractivity contribution is 5.71. The van der Waals surface area contributed by atoms with Crippen LogP contribution >= 0.6 is 0 Å². The van der Waals surface area contributed by atoms with Gasteiger partial charge in [0.15, 0.2) is 6.10 Å². The zero-order chi connectivity index (χ0) is 55.7. The van der Waals surface area contributed by atoms with Crippen molar-refractivity contribution >= 4 is 17.9 Å². The number of allylic oxidation sites excluding steroid dienone is 18. The summed E-state index contributed by atoms with van der Waals surface area (Å²) in [6.45, 7) is 6.46. The molecular weight excluding hydrogens is 949 g/mol. The predicted octanol–water partition coefficient (Wildman–Crippen LogP) is 22.2. The quantitative estimate of drug-likeness (QED) is 0.0261. The van der Waals surface area contributed by atoms with Crippen molar-refractivity contribution in [2.75, 3.05) is 13.2 Å². The van der Waals surface area contributed by atoms with E-state index in [9.17, 15) is 14.4 Å². The van der Waals surface area contributed by atoms with Gasteiger partial charge < -0.3 is 14.2 Å². The van der Waals surface area contributed by atoms with Gasteiger partial charge in [-0.25, -0.2) is 0 Å². The Kier molecular flexibility index (Phi) is 61.3. The fourth-order valence-corrected chi connectivity index (χ4v) is 8.88. The highest BCUT2D eigenvalue weighted by Crippen LogP contribution is 2.16. The van der Waals surface area contributed by atoms with Crippen LogP contribution in [0.5, 0.6) is 0 Å². The summed E-state index contributed by atoms with van der Waals surface area (Å²) in [6.07, 6.45) is 88.2. The Labute approximate surface area is 476 Å². The van der Waals surface area contributed by atoms with Crippen molar-refractivity contribution < 1.29 is 28.6 Å². The van der Waals surface area contributed by atoms with Crippen LogP contribution in [0.2, 0.25) is 0 Å². The van der Waals surface area contributed by atoms with E-state index in [1.165, 1.54) is 141 Å². The first-order valence-electron chi connectivity index (χ1n) is 32.4.